The van der Waals surface area contributed by atoms with Crippen LogP contribution in [0.5, 0.6) is 0 Å². The van der Waals surface area contributed by atoms with E-state index in [0.717, 1.165) is 24.7 Å². The van der Waals surface area contributed by atoms with E-state index in [1.54, 1.807) is 16.8 Å². The molecule has 2 amide bonds. The number of carbonyl (C=O) groups excluding carboxylic acids is 2. The first kappa shape index (κ1) is 22.0. The summed E-state index contributed by atoms with van der Waals surface area (Å²) in [6.45, 7) is 1.19. The van der Waals surface area contributed by atoms with Crippen molar-refractivity contribution >= 4 is 21.8 Å². The van der Waals surface area contributed by atoms with Crippen LogP contribution < -0.4 is 4.72 Å². The maximum atomic E-state index is 13.0. The molecular weight excluding hydrogens is 406 g/mol. The number of H-pyrrole nitrogens is 1. The molecule has 2 heterocycles. The van der Waals surface area contributed by atoms with Crippen LogP contribution in [0.1, 0.15) is 40.4 Å². The molecule has 0 spiro atoms. The molecule has 1 aromatic carbocycles. The second-order valence-electron chi connectivity index (χ2n) is 7.62. The van der Waals surface area contributed by atoms with Crippen molar-refractivity contribution in [3.8, 4) is 0 Å². The number of piperidine rings is 1. The number of nitrogens with zero attached hydrogens (tertiary/aromatic N) is 3. The Morgan fingerprint density at radius 3 is 2.73 bits per heavy atom. The lowest BCUT2D eigenvalue weighted by Gasteiger charge is -2.33. The third-order valence-electron chi connectivity index (χ3n) is 5.18. The number of likely N-dealkylation sites (tertiary alicyclic amines) is 1. The number of aromatic nitrogens is 2. The van der Waals surface area contributed by atoms with Gasteiger partial charge in [0.2, 0.25) is 15.9 Å². The molecular formula is C20H27N5O4S. The molecule has 0 aliphatic carbocycles. The highest BCUT2D eigenvalue weighted by Crippen LogP contribution is 2.28. The summed E-state index contributed by atoms with van der Waals surface area (Å²) in [6.07, 6.45) is 4.13. The summed E-state index contributed by atoms with van der Waals surface area (Å²) in [5, 5.41) is 7.02. The number of carbonyl (C=O) groups is 2. The quantitative estimate of drug-likeness (QED) is 0.674. The van der Waals surface area contributed by atoms with E-state index in [1.807, 2.05) is 30.3 Å². The van der Waals surface area contributed by atoms with E-state index in [0.29, 0.717) is 30.9 Å². The van der Waals surface area contributed by atoms with E-state index < -0.39 is 10.0 Å². The van der Waals surface area contributed by atoms with Crippen LogP contribution >= 0.6 is 0 Å². The Bertz CT molecular complexity index is 990. The fourth-order valence-corrected chi connectivity index (χ4v) is 4.04. The molecule has 1 saturated heterocycles. The van der Waals surface area contributed by atoms with Crippen LogP contribution in [0.4, 0.5) is 0 Å². The van der Waals surface area contributed by atoms with Crippen molar-refractivity contribution in [1.29, 1.82) is 0 Å². The lowest BCUT2D eigenvalue weighted by atomic mass is 9.92. The Hall–Kier alpha value is -2.72. The summed E-state index contributed by atoms with van der Waals surface area (Å²) in [7, 11) is -1.68. The number of hydrogen-bond donors (Lipinski definition) is 2. The molecule has 9 nitrogen and oxygen atoms in total. The first-order valence-electron chi connectivity index (χ1n) is 9.79. The van der Waals surface area contributed by atoms with Crippen LogP contribution in [0.2, 0.25) is 0 Å². The zero-order valence-electron chi connectivity index (χ0n) is 17.2. The highest BCUT2D eigenvalue weighted by Gasteiger charge is 2.30. The van der Waals surface area contributed by atoms with Gasteiger partial charge >= 0.3 is 0 Å². The van der Waals surface area contributed by atoms with Crippen LogP contribution in [-0.4, -0.2) is 73.2 Å². The average Bonchev–Trinajstić information content (AvgIpc) is 3.21. The van der Waals surface area contributed by atoms with Crippen molar-refractivity contribution in [1.82, 2.24) is 24.7 Å². The van der Waals surface area contributed by atoms with Gasteiger partial charge in [0.15, 0.2) is 0 Å². The maximum absolute atomic E-state index is 13.0. The fourth-order valence-electron chi connectivity index (χ4n) is 3.66. The van der Waals surface area contributed by atoms with Crippen LogP contribution in [0.3, 0.4) is 0 Å². The Balaban J connectivity index is 1.67. The molecule has 30 heavy (non-hydrogen) atoms. The van der Waals surface area contributed by atoms with Crippen LogP contribution in [0.15, 0.2) is 36.5 Å². The largest absolute Gasteiger partial charge is 0.341 e. The standard InChI is InChI=1S/C20H27N5O4S/c1-24(13-15-7-4-3-5-8-15)20(27)17-11-21-23-19(17)16-9-6-10-25(14-16)18(26)12-22-30(2,28)29/h3-5,7-8,11,16,22H,6,9-10,12-14H2,1-2H3,(H,21,23)/t16-/m0/s1. The third kappa shape index (κ3) is 5.67. The van der Waals surface area contributed by atoms with Gasteiger partial charge in [0, 0.05) is 32.6 Å². The van der Waals surface area contributed by atoms with E-state index in [9.17, 15) is 18.0 Å². The van der Waals surface area contributed by atoms with E-state index >= 15 is 0 Å². The van der Waals surface area contributed by atoms with Gasteiger partial charge in [-0.25, -0.2) is 13.1 Å². The lowest BCUT2D eigenvalue weighted by molar-refractivity contribution is -0.131. The minimum atomic E-state index is -3.43. The van der Waals surface area contributed by atoms with Gasteiger partial charge in [-0.1, -0.05) is 30.3 Å². The number of hydrogen-bond acceptors (Lipinski definition) is 5. The SMILES string of the molecule is CN(Cc1ccccc1)C(=O)c1cn[nH]c1[C@H]1CCCN(C(=O)CNS(C)(=O)=O)C1. The van der Waals surface area contributed by atoms with Gasteiger partial charge in [-0.05, 0) is 18.4 Å². The molecule has 0 bridgehead atoms. The van der Waals surface area contributed by atoms with E-state index in [1.165, 1.54) is 6.20 Å². The zero-order valence-corrected chi connectivity index (χ0v) is 18.0. The normalized spacial score (nSPS) is 17.0. The number of sulfonamides is 1. The minimum Gasteiger partial charge on any atom is -0.341 e. The molecule has 0 radical (unpaired) electrons. The summed E-state index contributed by atoms with van der Waals surface area (Å²) in [5.41, 5.74) is 2.25. The van der Waals surface area contributed by atoms with Crippen molar-refractivity contribution in [2.24, 2.45) is 0 Å². The van der Waals surface area contributed by atoms with Crippen molar-refractivity contribution < 1.29 is 18.0 Å². The topological polar surface area (TPSA) is 115 Å². The van der Waals surface area contributed by atoms with Gasteiger partial charge in [0.05, 0.1) is 30.3 Å². The number of benzene rings is 1. The Morgan fingerprint density at radius 2 is 2.03 bits per heavy atom. The molecule has 0 saturated carbocycles. The van der Waals surface area contributed by atoms with Crippen molar-refractivity contribution in [2.45, 2.75) is 25.3 Å². The van der Waals surface area contributed by atoms with Crippen LogP contribution in [0.25, 0.3) is 0 Å². The summed E-state index contributed by atoms with van der Waals surface area (Å²) in [4.78, 5) is 28.7. The molecule has 0 unspecified atom stereocenters. The van der Waals surface area contributed by atoms with Crippen molar-refractivity contribution in [3.63, 3.8) is 0 Å². The lowest BCUT2D eigenvalue weighted by Crippen LogP contribution is -2.44. The average molecular weight is 434 g/mol. The Labute approximate surface area is 176 Å². The summed E-state index contributed by atoms with van der Waals surface area (Å²) < 4.78 is 24.7. The predicted octanol–water partition coefficient (Wildman–Crippen LogP) is 0.937. The first-order valence-corrected chi connectivity index (χ1v) is 11.7. The van der Waals surface area contributed by atoms with Crippen LogP contribution in [0, 0.1) is 0 Å². The Morgan fingerprint density at radius 1 is 1.30 bits per heavy atom. The monoisotopic (exact) mass is 433 g/mol. The van der Waals surface area contributed by atoms with E-state index in [2.05, 4.69) is 14.9 Å². The molecule has 1 aliphatic heterocycles. The zero-order chi connectivity index (χ0) is 21.7. The summed E-state index contributed by atoms with van der Waals surface area (Å²) in [5.74, 6) is -0.476. The highest BCUT2D eigenvalue weighted by atomic mass is 32.2. The van der Waals surface area contributed by atoms with Gasteiger partial charge in [0.1, 0.15) is 0 Å². The number of rotatable bonds is 7. The van der Waals surface area contributed by atoms with Crippen molar-refractivity contribution in [2.75, 3.05) is 32.9 Å². The molecule has 2 N–H and O–H groups in total. The Kier molecular flexibility index (Phi) is 6.88. The molecule has 3 rings (SSSR count). The number of nitrogens with one attached hydrogen (secondary N) is 2. The van der Waals surface area contributed by atoms with Gasteiger partial charge in [-0.15, -0.1) is 0 Å². The smallest absolute Gasteiger partial charge is 0.257 e. The second-order valence-corrected chi connectivity index (χ2v) is 9.45. The van der Waals surface area contributed by atoms with Gasteiger partial charge in [0.25, 0.3) is 5.91 Å². The number of aromatic amines is 1. The minimum absolute atomic E-state index is 0.0625. The van der Waals surface area contributed by atoms with Gasteiger partial charge in [-0.2, -0.15) is 5.10 Å². The molecule has 1 aromatic heterocycles. The fraction of sp³-hybridized carbons (Fsp3) is 0.450. The second kappa shape index (κ2) is 9.40. The maximum Gasteiger partial charge on any atom is 0.257 e. The van der Waals surface area contributed by atoms with Gasteiger partial charge in [-0.3, -0.25) is 14.7 Å². The number of amides is 2. The molecule has 2 aromatic rings. The molecule has 1 fully saturated rings. The molecule has 162 valence electrons. The van der Waals surface area contributed by atoms with E-state index in [-0.39, 0.29) is 24.3 Å². The summed E-state index contributed by atoms with van der Waals surface area (Å²) in [6, 6.07) is 9.73. The molecule has 1 atom stereocenters. The summed E-state index contributed by atoms with van der Waals surface area (Å²) >= 11 is 0. The van der Waals surface area contributed by atoms with Gasteiger partial charge < -0.3 is 9.80 Å². The molecule has 10 heteroatoms. The van der Waals surface area contributed by atoms with Crippen molar-refractivity contribution in [3.05, 3.63) is 53.3 Å². The highest BCUT2D eigenvalue weighted by molar-refractivity contribution is 7.88. The van der Waals surface area contributed by atoms with Crippen LogP contribution in [-0.2, 0) is 21.4 Å². The third-order valence-corrected chi connectivity index (χ3v) is 5.85. The van der Waals surface area contributed by atoms with E-state index in [4.69, 9.17) is 0 Å². The predicted molar refractivity (Wildman–Crippen MR) is 112 cm³/mol. The molecule has 1 aliphatic rings. The first-order chi connectivity index (χ1) is 14.2.